The summed E-state index contributed by atoms with van der Waals surface area (Å²) in [5.41, 5.74) is 1.25. The van der Waals surface area contributed by atoms with Crippen molar-refractivity contribution < 1.29 is 36.9 Å². The molecule has 0 aliphatic carbocycles. The molecule has 1 atom stereocenters. The molecule has 1 amide bonds. The van der Waals surface area contributed by atoms with Gasteiger partial charge in [-0.25, -0.2) is 0 Å². The Balaban J connectivity index is 0.000000365. The summed E-state index contributed by atoms with van der Waals surface area (Å²) in [4.78, 5) is 21.5. The van der Waals surface area contributed by atoms with E-state index in [0.717, 1.165) is 6.61 Å². The molecule has 0 saturated heterocycles. The van der Waals surface area contributed by atoms with Crippen molar-refractivity contribution in [1.82, 2.24) is 10.2 Å². The Kier molecular flexibility index (Phi) is 19.7. The van der Waals surface area contributed by atoms with Gasteiger partial charge in [0.15, 0.2) is 0 Å². The monoisotopic (exact) mass is 665 g/mol. The van der Waals surface area contributed by atoms with Crippen molar-refractivity contribution in [3.8, 4) is 0 Å². The quantitative estimate of drug-likeness (QED) is 0.108. The molecule has 1 aliphatic rings. The number of nitrogens with zero attached hydrogens (tertiary/aromatic N) is 1. The normalized spacial score (nSPS) is 12.3. The second kappa shape index (κ2) is 22.6. The van der Waals surface area contributed by atoms with Crippen LogP contribution in [0.4, 0.5) is 0 Å². The van der Waals surface area contributed by atoms with Crippen LogP contribution in [-0.4, -0.2) is 47.5 Å². The Morgan fingerprint density at radius 3 is 1.78 bits per heavy atom. The minimum atomic E-state index is -0.877. The molecule has 4 aromatic rings. The maximum absolute atomic E-state index is 12.0. The zero-order valence-corrected chi connectivity index (χ0v) is 28.0. The van der Waals surface area contributed by atoms with E-state index in [1.165, 1.54) is 15.9 Å². The first-order chi connectivity index (χ1) is 21.4. The van der Waals surface area contributed by atoms with E-state index < -0.39 is 7.92 Å². The van der Waals surface area contributed by atoms with Crippen molar-refractivity contribution in [2.24, 2.45) is 5.92 Å². The molecule has 6 nitrogen and oxygen atoms in total. The average molecular weight is 666 g/mol. The molecular weight excluding hydrogens is 623 g/mol. The van der Waals surface area contributed by atoms with Crippen molar-refractivity contribution in [2.45, 2.75) is 26.3 Å². The number of hydrogen-bond donors (Lipinski definition) is 3. The van der Waals surface area contributed by atoms with Gasteiger partial charge < -0.3 is 55.6 Å². The van der Waals surface area contributed by atoms with Crippen molar-refractivity contribution in [2.75, 3.05) is 13.7 Å². The summed E-state index contributed by atoms with van der Waals surface area (Å²) in [6.07, 6.45) is 3.86. The van der Waals surface area contributed by atoms with E-state index in [-0.39, 0.29) is 41.5 Å². The minimum absolute atomic E-state index is 0. The van der Waals surface area contributed by atoms with Crippen molar-refractivity contribution in [3.63, 3.8) is 0 Å². The van der Waals surface area contributed by atoms with Crippen LogP contribution in [0, 0.1) is 18.6 Å². The molecule has 8 heteroatoms. The van der Waals surface area contributed by atoms with E-state index in [4.69, 9.17) is 9.90 Å². The summed E-state index contributed by atoms with van der Waals surface area (Å²) in [7, 11) is 0.916. The smallest absolute Gasteiger partial charge is 0.545 e. The summed E-state index contributed by atoms with van der Waals surface area (Å²) in [6, 6.07) is 42.7. The number of amides is 1. The molecule has 4 aromatic carbocycles. The first-order valence-electron chi connectivity index (χ1n) is 14.3. The fourth-order valence-corrected chi connectivity index (χ4v) is 6.93. The standard InChI is InChI=1S/C18H15P.C13H21N2O3.C5H4.CHO.Fe/c1-4-10-16(11-5-1)19(17-12-6-2-7-13-17)18-14-8-3-9-15-18;1-9(2)12(8-17)14-13(18)11-4-10(7-16)5-15(3)6-11;1-2-4-5-3-1;1-2;/h1-15H;5-7,9,12,16-17H,4,8H2,1-3H3,(H,14,18);1-4H;1H;/q;-1;-2;-1;+4/p+1/t;12-;;;/m.1.../s1. The van der Waals surface area contributed by atoms with Gasteiger partial charge in [-0.3, -0.25) is 11.6 Å². The Morgan fingerprint density at radius 2 is 1.44 bits per heavy atom. The third-order valence-corrected chi connectivity index (χ3v) is 9.31. The number of aliphatic hydroxyl groups is 2. The Bertz CT molecular complexity index is 1270. The van der Waals surface area contributed by atoms with Gasteiger partial charge in [0, 0.05) is 5.57 Å². The van der Waals surface area contributed by atoms with Gasteiger partial charge in [0.25, 0.3) is 0 Å². The van der Waals surface area contributed by atoms with Gasteiger partial charge in [-0.1, -0.05) is 68.4 Å². The molecule has 45 heavy (non-hydrogen) atoms. The molecule has 236 valence electrons. The summed E-state index contributed by atoms with van der Waals surface area (Å²) >= 11 is 0. The fourth-order valence-electron chi connectivity index (χ4n) is 4.35. The van der Waals surface area contributed by atoms with Crippen LogP contribution < -0.4 is 21.2 Å². The van der Waals surface area contributed by atoms with E-state index >= 15 is 0 Å². The number of rotatable bonds is 8. The van der Waals surface area contributed by atoms with E-state index in [1.54, 1.807) is 24.3 Å². The zero-order chi connectivity index (χ0) is 32.2. The number of benzene rings is 3. The maximum atomic E-state index is 12.0. The maximum Gasteiger partial charge on any atom is 4.00 e. The number of aliphatic hydroxyl groups excluding tert-OH is 2. The van der Waals surface area contributed by atoms with Crippen molar-refractivity contribution in [3.05, 3.63) is 151 Å². The van der Waals surface area contributed by atoms with Gasteiger partial charge in [-0.2, -0.15) is 5.57 Å². The molecule has 0 spiro atoms. The van der Waals surface area contributed by atoms with Gasteiger partial charge >= 0.3 is 17.1 Å². The average Bonchev–Trinajstić information content (AvgIpc) is 3.67. The topological polar surface area (TPSA) is 89.9 Å². The minimum Gasteiger partial charge on any atom is -0.545 e. The zero-order valence-electron chi connectivity index (χ0n) is 25.9. The summed E-state index contributed by atoms with van der Waals surface area (Å²) in [6.45, 7) is 8.05. The third kappa shape index (κ3) is 13.8. The molecule has 0 aromatic heterocycles. The largest absolute Gasteiger partial charge is 4.00 e. The van der Waals surface area contributed by atoms with Crippen LogP contribution in [0.2, 0.25) is 0 Å². The third-order valence-electron chi connectivity index (χ3n) is 6.58. The molecule has 0 bridgehead atoms. The van der Waals surface area contributed by atoms with Crippen LogP contribution in [0.1, 0.15) is 20.3 Å². The number of nitrogens with one attached hydrogen (secondary N) is 1. The second-order valence-corrected chi connectivity index (χ2v) is 12.7. The van der Waals surface area contributed by atoms with Crippen molar-refractivity contribution >= 4 is 36.5 Å². The van der Waals surface area contributed by atoms with Gasteiger partial charge in [-0.15, -0.1) is 12.8 Å². The fraction of sp³-hybridized carbons (Fsp3) is 0.189. The van der Waals surface area contributed by atoms with Crippen LogP contribution in [-0.2, 0) is 26.7 Å². The van der Waals surface area contributed by atoms with Gasteiger partial charge in [0.2, 0.25) is 5.91 Å². The molecule has 1 heterocycles. The first kappa shape index (κ1) is 39.2. The SMILES string of the molecule is CC(C)[C@@H](CO)NC(=O)C1=CN(C)C=C([CH-]O)C1.[CH-]=O.[Fe+4].[c-]1cc[cH-]c1.c1ccc([PH+](c2ccccc2)c2ccccc2)cc1. The molecule has 0 unspecified atom stereocenters. The summed E-state index contributed by atoms with van der Waals surface area (Å²) in [5.74, 6) is -0.0395. The van der Waals surface area contributed by atoms with Crippen LogP contribution in [0.15, 0.2) is 139 Å². The van der Waals surface area contributed by atoms with Crippen LogP contribution in [0.25, 0.3) is 0 Å². The Hall–Kier alpha value is -3.83. The van der Waals surface area contributed by atoms with E-state index in [9.17, 15) is 9.90 Å². The molecule has 0 saturated carbocycles. The van der Waals surface area contributed by atoms with E-state index in [1.807, 2.05) is 38.1 Å². The van der Waals surface area contributed by atoms with E-state index in [0.29, 0.717) is 17.6 Å². The number of carbonyl (C=O) groups is 1. The van der Waals surface area contributed by atoms with Crippen LogP contribution in [0.5, 0.6) is 0 Å². The Labute approximate surface area is 280 Å². The van der Waals surface area contributed by atoms with Crippen molar-refractivity contribution in [1.29, 1.82) is 0 Å². The first-order valence-corrected chi connectivity index (χ1v) is 15.8. The summed E-state index contributed by atoms with van der Waals surface area (Å²) < 4.78 is 0. The predicted molar refractivity (Wildman–Crippen MR) is 183 cm³/mol. The van der Waals surface area contributed by atoms with Gasteiger partial charge in [0.05, 0.1) is 20.6 Å². The summed E-state index contributed by atoms with van der Waals surface area (Å²) in [5, 5.41) is 25.3. The van der Waals surface area contributed by atoms with Gasteiger partial charge in [-0.05, 0) is 62.0 Å². The Morgan fingerprint density at radius 1 is 0.956 bits per heavy atom. The molecule has 1 aliphatic heterocycles. The van der Waals surface area contributed by atoms with E-state index in [2.05, 4.69) is 109 Å². The van der Waals surface area contributed by atoms with Crippen LogP contribution in [0.3, 0.4) is 0 Å². The molecular formula is C37H42FeN2O4P+. The molecule has 5 rings (SSSR count). The molecule has 3 N–H and O–H groups in total. The molecule has 0 fully saturated rings. The second-order valence-electron chi connectivity index (χ2n) is 10.2. The molecule has 0 radical (unpaired) electrons. The number of hydrogen-bond acceptors (Lipinski definition) is 5. The number of carbonyl (C=O) groups excluding carboxylic acids is 2. The van der Waals surface area contributed by atoms with Crippen LogP contribution >= 0.6 is 7.92 Å². The van der Waals surface area contributed by atoms with Gasteiger partial charge in [0.1, 0.15) is 15.9 Å². The predicted octanol–water partition coefficient (Wildman–Crippen LogP) is 4.86.